The molecule has 0 unspecified atom stereocenters. The zero-order valence-electron chi connectivity index (χ0n) is 13.2. The number of aliphatic imine (C=N–C) groups is 1. The number of sulfonamides is 1. The van der Waals surface area contributed by atoms with E-state index in [1.807, 2.05) is 12.1 Å². The molecule has 128 valence electrons. The Balaban J connectivity index is 0.00000264. The number of nitrogens with zero attached hydrogens (tertiary/aromatic N) is 1. The van der Waals surface area contributed by atoms with Gasteiger partial charge in [-0.3, -0.25) is 9.71 Å². The van der Waals surface area contributed by atoms with E-state index in [0.717, 1.165) is 24.7 Å². The number of rotatable bonds is 5. The van der Waals surface area contributed by atoms with Crippen LogP contribution in [0.25, 0.3) is 0 Å². The van der Waals surface area contributed by atoms with E-state index in [1.165, 1.54) is 0 Å². The lowest BCUT2D eigenvalue weighted by atomic mass is 10.2. The van der Waals surface area contributed by atoms with Gasteiger partial charge in [0.25, 0.3) is 0 Å². The Kier molecular flexibility index (Phi) is 7.83. The van der Waals surface area contributed by atoms with E-state index in [2.05, 4.69) is 32.5 Å². The predicted octanol–water partition coefficient (Wildman–Crippen LogP) is 2.06. The fraction of sp³-hybridized carbons (Fsp3) is 0.400. The molecule has 0 aromatic heterocycles. The number of para-hydroxylation sites is 1. The van der Waals surface area contributed by atoms with Crippen molar-refractivity contribution in [2.24, 2.45) is 4.99 Å². The first-order valence-corrected chi connectivity index (χ1v) is 9.05. The number of benzene rings is 1. The number of nitrogens with one attached hydrogen (secondary N) is 3. The second kappa shape index (κ2) is 9.11. The summed E-state index contributed by atoms with van der Waals surface area (Å²) in [6.07, 6.45) is 7.43. The molecule has 0 amide bonds. The molecule has 2 rings (SSSR count). The Morgan fingerprint density at radius 2 is 1.91 bits per heavy atom. The summed E-state index contributed by atoms with van der Waals surface area (Å²) in [6, 6.07) is 7.67. The summed E-state index contributed by atoms with van der Waals surface area (Å²) in [5.74, 6) is 0.711. The van der Waals surface area contributed by atoms with Crippen molar-refractivity contribution in [1.29, 1.82) is 0 Å². The van der Waals surface area contributed by atoms with Crippen molar-refractivity contribution in [1.82, 2.24) is 10.6 Å². The highest BCUT2D eigenvalue weighted by molar-refractivity contribution is 14.0. The van der Waals surface area contributed by atoms with E-state index in [0.29, 0.717) is 24.2 Å². The second-order valence-electron chi connectivity index (χ2n) is 5.24. The minimum atomic E-state index is -3.29. The van der Waals surface area contributed by atoms with Crippen molar-refractivity contribution in [2.75, 3.05) is 18.0 Å². The van der Waals surface area contributed by atoms with Gasteiger partial charge in [-0.1, -0.05) is 30.4 Å². The SMILES string of the molecule is CN=C(NCc1ccccc1NS(C)(=O)=O)NC1CC=CC1.I. The molecule has 0 spiro atoms. The lowest BCUT2D eigenvalue weighted by Gasteiger charge is -2.18. The number of guanidine groups is 1. The molecule has 1 aliphatic carbocycles. The highest BCUT2D eigenvalue weighted by Crippen LogP contribution is 2.16. The van der Waals surface area contributed by atoms with Crippen LogP contribution in [0.15, 0.2) is 41.4 Å². The third kappa shape index (κ3) is 6.78. The van der Waals surface area contributed by atoms with Crippen LogP contribution >= 0.6 is 24.0 Å². The number of hydrogen-bond acceptors (Lipinski definition) is 3. The Morgan fingerprint density at radius 1 is 1.26 bits per heavy atom. The van der Waals surface area contributed by atoms with Crippen molar-refractivity contribution in [3.63, 3.8) is 0 Å². The first-order valence-electron chi connectivity index (χ1n) is 7.16. The average molecular weight is 450 g/mol. The van der Waals surface area contributed by atoms with Crippen LogP contribution in [0.1, 0.15) is 18.4 Å². The minimum Gasteiger partial charge on any atom is -0.353 e. The molecule has 0 saturated heterocycles. The Hall–Kier alpha value is -1.29. The summed E-state index contributed by atoms with van der Waals surface area (Å²) < 4.78 is 25.3. The van der Waals surface area contributed by atoms with Crippen LogP contribution in [0.3, 0.4) is 0 Å². The molecule has 6 nitrogen and oxygen atoms in total. The smallest absolute Gasteiger partial charge is 0.229 e. The van der Waals surface area contributed by atoms with Gasteiger partial charge in [0.05, 0.1) is 11.9 Å². The van der Waals surface area contributed by atoms with Crippen LogP contribution < -0.4 is 15.4 Å². The van der Waals surface area contributed by atoms with Crippen molar-refractivity contribution in [3.8, 4) is 0 Å². The van der Waals surface area contributed by atoms with Gasteiger partial charge in [0, 0.05) is 19.6 Å². The fourth-order valence-corrected chi connectivity index (χ4v) is 2.87. The van der Waals surface area contributed by atoms with Crippen LogP contribution in [-0.2, 0) is 16.6 Å². The fourth-order valence-electron chi connectivity index (χ4n) is 2.28. The molecule has 0 radical (unpaired) electrons. The minimum absolute atomic E-state index is 0. The maximum atomic E-state index is 11.4. The molecule has 1 aromatic carbocycles. The molecule has 8 heteroatoms. The van der Waals surface area contributed by atoms with Crippen LogP contribution in [0.5, 0.6) is 0 Å². The molecule has 0 heterocycles. The van der Waals surface area contributed by atoms with Gasteiger partial charge in [-0.2, -0.15) is 0 Å². The lowest BCUT2D eigenvalue weighted by Crippen LogP contribution is -2.42. The Labute approximate surface area is 154 Å². The van der Waals surface area contributed by atoms with Crippen LogP contribution in [0.4, 0.5) is 5.69 Å². The Bertz CT molecular complexity index is 666. The summed E-state index contributed by atoms with van der Waals surface area (Å²) in [4.78, 5) is 4.20. The molecule has 0 saturated carbocycles. The molecule has 0 atom stereocenters. The molecular formula is C15H23IN4O2S. The van der Waals surface area contributed by atoms with E-state index in [1.54, 1.807) is 19.2 Å². The average Bonchev–Trinajstić information content (AvgIpc) is 2.96. The third-order valence-corrected chi connectivity index (χ3v) is 3.92. The summed E-state index contributed by atoms with van der Waals surface area (Å²) in [6.45, 7) is 0.485. The lowest BCUT2D eigenvalue weighted by molar-refractivity contribution is 0.606. The first kappa shape index (κ1) is 19.8. The summed E-state index contributed by atoms with van der Waals surface area (Å²) >= 11 is 0. The summed E-state index contributed by atoms with van der Waals surface area (Å²) in [5.41, 5.74) is 1.44. The van der Waals surface area contributed by atoms with Gasteiger partial charge in [-0.15, -0.1) is 24.0 Å². The maximum Gasteiger partial charge on any atom is 0.229 e. The molecule has 1 aromatic rings. The molecule has 0 fully saturated rings. The monoisotopic (exact) mass is 450 g/mol. The standard InChI is InChI=1S/C15H22N4O2S.HI/c1-16-15(18-13-8-4-5-9-13)17-11-12-7-3-6-10-14(12)19-22(2,20)21;/h3-7,10,13,19H,8-9,11H2,1-2H3,(H2,16,17,18);1H. The Morgan fingerprint density at radius 3 is 2.52 bits per heavy atom. The highest BCUT2D eigenvalue weighted by atomic mass is 127. The summed E-state index contributed by atoms with van der Waals surface area (Å²) in [5, 5.41) is 6.56. The molecule has 0 aliphatic heterocycles. The van der Waals surface area contributed by atoms with Crippen molar-refractivity contribution >= 4 is 45.6 Å². The predicted molar refractivity (Wildman–Crippen MR) is 106 cm³/mol. The van der Waals surface area contributed by atoms with E-state index in [9.17, 15) is 8.42 Å². The van der Waals surface area contributed by atoms with E-state index >= 15 is 0 Å². The number of halogens is 1. The molecule has 1 aliphatic rings. The van der Waals surface area contributed by atoms with Gasteiger partial charge < -0.3 is 10.6 Å². The zero-order chi connectivity index (χ0) is 16.0. The van der Waals surface area contributed by atoms with Crippen molar-refractivity contribution < 1.29 is 8.42 Å². The molecular weight excluding hydrogens is 427 g/mol. The van der Waals surface area contributed by atoms with E-state index in [-0.39, 0.29) is 24.0 Å². The van der Waals surface area contributed by atoms with Gasteiger partial charge in [-0.25, -0.2) is 8.42 Å². The zero-order valence-corrected chi connectivity index (χ0v) is 16.4. The summed E-state index contributed by atoms with van der Waals surface area (Å²) in [7, 11) is -1.57. The second-order valence-corrected chi connectivity index (χ2v) is 6.99. The van der Waals surface area contributed by atoms with Crippen molar-refractivity contribution in [2.45, 2.75) is 25.4 Å². The quantitative estimate of drug-likeness (QED) is 0.278. The van der Waals surface area contributed by atoms with Gasteiger partial charge in [0.15, 0.2) is 5.96 Å². The highest BCUT2D eigenvalue weighted by Gasteiger charge is 2.12. The molecule has 23 heavy (non-hydrogen) atoms. The van der Waals surface area contributed by atoms with E-state index < -0.39 is 10.0 Å². The van der Waals surface area contributed by atoms with Gasteiger partial charge in [0.1, 0.15) is 0 Å². The van der Waals surface area contributed by atoms with Gasteiger partial charge in [0.2, 0.25) is 10.0 Å². The molecule has 0 bridgehead atoms. The van der Waals surface area contributed by atoms with E-state index in [4.69, 9.17) is 0 Å². The topological polar surface area (TPSA) is 82.6 Å². The van der Waals surface area contributed by atoms with Crippen LogP contribution in [-0.4, -0.2) is 33.7 Å². The first-order chi connectivity index (χ1) is 10.5. The number of hydrogen-bond donors (Lipinski definition) is 3. The van der Waals surface area contributed by atoms with Crippen LogP contribution in [0, 0.1) is 0 Å². The van der Waals surface area contributed by atoms with Crippen molar-refractivity contribution in [3.05, 3.63) is 42.0 Å². The van der Waals surface area contributed by atoms with Gasteiger partial charge >= 0.3 is 0 Å². The maximum absolute atomic E-state index is 11.4. The number of anilines is 1. The largest absolute Gasteiger partial charge is 0.353 e. The van der Waals surface area contributed by atoms with Crippen LogP contribution in [0.2, 0.25) is 0 Å². The van der Waals surface area contributed by atoms with Gasteiger partial charge in [-0.05, 0) is 24.5 Å². The third-order valence-electron chi connectivity index (χ3n) is 3.33. The normalized spacial score (nSPS) is 15.1. The molecule has 3 N–H and O–H groups in total.